The molecule has 0 amide bonds. The Kier molecular flexibility index (Phi) is 3.82. The zero-order valence-electron chi connectivity index (χ0n) is 10.1. The summed E-state index contributed by atoms with van der Waals surface area (Å²) in [6.45, 7) is -0.376. The number of aliphatic carboxylic acids is 2. The van der Waals surface area contributed by atoms with Crippen LogP contribution in [-0.4, -0.2) is 39.7 Å². The highest BCUT2D eigenvalue weighted by atomic mass is 16.4. The van der Waals surface area contributed by atoms with Gasteiger partial charge in [0.2, 0.25) is 0 Å². The molecule has 0 saturated heterocycles. The summed E-state index contributed by atoms with van der Waals surface area (Å²) in [6, 6.07) is 6.65. The van der Waals surface area contributed by atoms with Gasteiger partial charge >= 0.3 is 11.9 Å². The third kappa shape index (κ3) is 3.11. The number of fused-ring (bicyclic) bond motifs is 1. The van der Waals surface area contributed by atoms with Gasteiger partial charge in [-0.15, -0.1) is 0 Å². The molecule has 0 saturated carbocycles. The zero-order valence-corrected chi connectivity index (χ0v) is 10.1. The highest BCUT2D eigenvalue weighted by molar-refractivity contribution is 5.84. The van der Waals surface area contributed by atoms with Crippen molar-refractivity contribution in [1.82, 2.24) is 10.3 Å². The summed E-state index contributed by atoms with van der Waals surface area (Å²) in [4.78, 5) is 24.6. The van der Waals surface area contributed by atoms with Crippen molar-refractivity contribution in [2.24, 2.45) is 0 Å². The Hall–Kier alpha value is -2.34. The van der Waals surface area contributed by atoms with Crippen LogP contribution in [0.15, 0.2) is 30.5 Å². The van der Waals surface area contributed by atoms with Crippen LogP contribution in [0, 0.1) is 0 Å². The van der Waals surface area contributed by atoms with E-state index in [4.69, 9.17) is 10.2 Å². The second-order valence-electron chi connectivity index (χ2n) is 4.23. The molecule has 1 heterocycles. The van der Waals surface area contributed by atoms with E-state index < -0.39 is 18.0 Å². The molecule has 0 aliphatic carbocycles. The lowest BCUT2D eigenvalue weighted by Gasteiger charge is -2.12. The second kappa shape index (κ2) is 5.53. The van der Waals surface area contributed by atoms with Crippen molar-refractivity contribution in [2.75, 3.05) is 6.54 Å². The highest BCUT2D eigenvalue weighted by Crippen LogP contribution is 2.19. The summed E-state index contributed by atoms with van der Waals surface area (Å²) < 4.78 is 0. The first-order valence-electron chi connectivity index (χ1n) is 5.81. The molecule has 0 spiro atoms. The Labute approximate surface area is 109 Å². The molecule has 0 radical (unpaired) electrons. The molecule has 19 heavy (non-hydrogen) atoms. The molecular formula is C13H14N2O4. The lowest BCUT2D eigenvalue weighted by molar-refractivity contribution is -0.140. The average Bonchev–Trinajstić information content (AvgIpc) is 2.77. The monoisotopic (exact) mass is 262 g/mol. The first-order valence-corrected chi connectivity index (χ1v) is 5.81. The molecule has 1 atom stereocenters. The van der Waals surface area contributed by atoms with Crippen LogP contribution in [0.3, 0.4) is 0 Å². The molecule has 4 N–H and O–H groups in total. The standard InChI is InChI=1S/C13H14N2O4/c16-12(17)7-15-11(13(18)19)5-8-6-14-10-4-2-1-3-9(8)10/h1-4,6,11,14-15H,5,7H2,(H,16,17)(H,18,19). The molecule has 1 unspecified atom stereocenters. The predicted molar refractivity (Wildman–Crippen MR) is 69.1 cm³/mol. The third-order valence-electron chi connectivity index (χ3n) is 2.90. The number of aromatic amines is 1. The van der Waals surface area contributed by atoms with Crippen molar-refractivity contribution in [3.05, 3.63) is 36.0 Å². The van der Waals surface area contributed by atoms with Gasteiger partial charge in [-0.1, -0.05) is 18.2 Å². The summed E-state index contributed by atoms with van der Waals surface area (Å²) in [5.74, 6) is -2.14. The summed E-state index contributed by atoms with van der Waals surface area (Å²) in [5, 5.41) is 21.1. The maximum absolute atomic E-state index is 11.1. The first kappa shape index (κ1) is 13.1. The summed E-state index contributed by atoms with van der Waals surface area (Å²) in [5.41, 5.74) is 1.78. The Balaban J connectivity index is 2.16. The van der Waals surface area contributed by atoms with Crippen molar-refractivity contribution < 1.29 is 19.8 Å². The van der Waals surface area contributed by atoms with Gasteiger partial charge in [-0.25, -0.2) is 0 Å². The Morgan fingerprint density at radius 1 is 1.26 bits per heavy atom. The normalized spacial score (nSPS) is 12.4. The lowest BCUT2D eigenvalue weighted by atomic mass is 10.1. The molecular weight excluding hydrogens is 248 g/mol. The quantitative estimate of drug-likeness (QED) is 0.617. The van der Waals surface area contributed by atoms with Crippen molar-refractivity contribution in [1.29, 1.82) is 0 Å². The van der Waals surface area contributed by atoms with E-state index in [1.165, 1.54) is 0 Å². The molecule has 2 aromatic rings. The lowest BCUT2D eigenvalue weighted by Crippen LogP contribution is -2.41. The van der Waals surface area contributed by atoms with Gasteiger partial charge in [0, 0.05) is 23.5 Å². The minimum absolute atomic E-state index is 0.229. The molecule has 6 nitrogen and oxygen atoms in total. The number of carbonyl (C=O) groups is 2. The second-order valence-corrected chi connectivity index (χ2v) is 4.23. The van der Waals surface area contributed by atoms with Crippen LogP contribution < -0.4 is 5.32 Å². The van der Waals surface area contributed by atoms with Crippen molar-refractivity contribution in [3.63, 3.8) is 0 Å². The number of para-hydroxylation sites is 1. The predicted octanol–water partition coefficient (Wildman–Crippen LogP) is 0.838. The fourth-order valence-corrected chi connectivity index (χ4v) is 1.98. The topological polar surface area (TPSA) is 102 Å². The number of rotatable bonds is 6. The van der Waals surface area contributed by atoms with E-state index in [0.717, 1.165) is 16.5 Å². The molecule has 6 heteroatoms. The summed E-state index contributed by atoms with van der Waals surface area (Å²) >= 11 is 0. The average molecular weight is 262 g/mol. The zero-order chi connectivity index (χ0) is 13.8. The highest BCUT2D eigenvalue weighted by Gasteiger charge is 2.19. The minimum Gasteiger partial charge on any atom is -0.480 e. The molecule has 0 aliphatic rings. The van der Waals surface area contributed by atoms with Crippen LogP contribution in [0.4, 0.5) is 0 Å². The van der Waals surface area contributed by atoms with E-state index in [1.807, 2.05) is 24.3 Å². The fourth-order valence-electron chi connectivity index (χ4n) is 1.98. The van der Waals surface area contributed by atoms with Gasteiger partial charge in [-0.3, -0.25) is 14.9 Å². The van der Waals surface area contributed by atoms with Gasteiger partial charge in [-0.05, 0) is 11.6 Å². The van der Waals surface area contributed by atoms with Gasteiger partial charge in [-0.2, -0.15) is 0 Å². The number of H-pyrrole nitrogens is 1. The van der Waals surface area contributed by atoms with Crippen LogP contribution >= 0.6 is 0 Å². The van der Waals surface area contributed by atoms with Crippen molar-refractivity contribution in [3.8, 4) is 0 Å². The molecule has 2 rings (SSSR count). The maximum Gasteiger partial charge on any atom is 0.321 e. The number of benzene rings is 1. The van der Waals surface area contributed by atoms with E-state index in [0.29, 0.717) is 0 Å². The van der Waals surface area contributed by atoms with Crippen LogP contribution in [0.1, 0.15) is 5.56 Å². The third-order valence-corrected chi connectivity index (χ3v) is 2.90. The molecule has 100 valence electrons. The molecule has 0 fully saturated rings. The van der Waals surface area contributed by atoms with Gasteiger partial charge in [0.05, 0.1) is 6.54 Å². The number of carboxylic acid groups (broad SMARTS) is 2. The van der Waals surface area contributed by atoms with Crippen LogP contribution in [0.25, 0.3) is 10.9 Å². The molecule has 1 aromatic heterocycles. The molecule has 0 bridgehead atoms. The summed E-state index contributed by atoms with van der Waals surface area (Å²) in [6.07, 6.45) is 1.98. The van der Waals surface area contributed by atoms with E-state index in [9.17, 15) is 9.59 Å². The fraction of sp³-hybridized carbons (Fsp3) is 0.231. The maximum atomic E-state index is 11.1. The molecule has 0 aliphatic heterocycles. The van der Waals surface area contributed by atoms with E-state index in [-0.39, 0.29) is 13.0 Å². The Bertz CT molecular complexity index is 605. The largest absolute Gasteiger partial charge is 0.480 e. The number of carboxylic acids is 2. The van der Waals surface area contributed by atoms with Crippen LogP contribution in [-0.2, 0) is 16.0 Å². The number of nitrogens with one attached hydrogen (secondary N) is 2. The van der Waals surface area contributed by atoms with Gasteiger partial charge in [0.1, 0.15) is 6.04 Å². The number of hydrogen-bond acceptors (Lipinski definition) is 3. The molecule has 1 aromatic carbocycles. The van der Waals surface area contributed by atoms with Crippen molar-refractivity contribution in [2.45, 2.75) is 12.5 Å². The SMILES string of the molecule is O=C(O)CNC(Cc1c[nH]c2ccccc12)C(=O)O. The smallest absolute Gasteiger partial charge is 0.321 e. The number of aromatic nitrogens is 1. The van der Waals surface area contributed by atoms with E-state index >= 15 is 0 Å². The van der Waals surface area contributed by atoms with Gasteiger partial charge in [0.15, 0.2) is 0 Å². The van der Waals surface area contributed by atoms with Gasteiger partial charge in [0.25, 0.3) is 0 Å². The summed E-state index contributed by atoms with van der Waals surface area (Å²) in [7, 11) is 0. The van der Waals surface area contributed by atoms with E-state index in [2.05, 4.69) is 10.3 Å². The van der Waals surface area contributed by atoms with E-state index in [1.54, 1.807) is 6.20 Å². The van der Waals surface area contributed by atoms with Crippen LogP contribution in [0.2, 0.25) is 0 Å². The minimum atomic E-state index is -1.08. The van der Waals surface area contributed by atoms with Gasteiger partial charge < -0.3 is 15.2 Å². The number of hydrogen-bond donors (Lipinski definition) is 4. The Morgan fingerprint density at radius 3 is 2.68 bits per heavy atom. The van der Waals surface area contributed by atoms with Crippen molar-refractivity contribution >= 4 is 22.8 Å². The van der Waals surface area contributed by atoms with Crippen LogP contribution in [0.5, 0.6) is 0 Å². The Morgan fingerprint density at radius 2 is 2.00 bits per heavy atom. The first-order chi connectivity index (χ1) is 9.08.